The van der Waals surface area contributed by atoms with Gasteiger partial charge in [-0.25, -0.2) is 0 Å². The van der Waals surface area contributed by atoms with Crippen LogP contribution in [0.2, 0.25) is 0 Å². The highest BCUT2D eigenvalue weighted by Crippen LogP contribution is 2.27. The van der Waals surface area contributed by atoms with Crippen LogP contribution in [0.25, 0.3) is 0 Å². The molecule has 0 radical (unpaired) electrons. The molecule has 148 valence electrons. The van der Waals surface area contributed by atoms with Crippen molar-refractivity contribution in [3.05, 3.63) is 29.6 Å². The maximum atomic E-state index is 12.7. The fraction of sp³-hybridized carbons (Fsp3) is 0.650. The third kappa shape index (κ3) is 5.61. The summed E-state index contributed by atoms with van der Waals surface area (Å²) in [5.74, 6) is 3.56. The van der Waals surface area contributed by atoms with E-state index in [-0.39, 0.29) is 5.92 Å². The number of hydrogen-bond acceptors (Lipinski definition) is 4. The summed E-state index contributed by atoms with van der Waals surface area (Å²) in [4.78, 5) is 23.5. The van der Waals surface area contributed by atoms with Gasteiger partial charge in [0.15, 0.2) is 5.96 Å². The second kappa shape index (κ2) is 9.97. The molecule has 0 bridgehead atoms. The van der Waals surface area contributed by atoms with Gasteiger partial charge < -0.3 is 15.5 Å². The summed E-state index contributed by atoms with van der Waals surface area (Å²) in [5, 5.41) is 6.88. The fourth-order valence-corrected chi connectivity index (χ4v) is 4.69. The molecule has 2 aliphatic rings. The molecule has 1 aromatic heterocycles. The minimum atomic E-state index is 0.206. The Hall–Kier alpha value is -1.76. The van der Waals surface area contributed by atoms with Crippen molar-refractivity contribution in [3.8, 4) is 0 Å². The summed E-state index contributed by atoms with van der Waals surface area (Å²) in [6, 6.07) is 4.40. The number of amides is 1. The summed E-state index contributed by atoms with van der Waals surface area (Å²) in [7, 11) is 1.80. The van der Waals surface area contributed by atoms with Gasteiger partial charge in [-0.2, -0.15) is 11.8 Å². The lowest BCUT2D eigenvalue weighted by Gasteiger charge is -2.34. The SMILES string of the molecule is CN=C(NCc1ncccc1C)NC1CCC(C(=O)N2CCSCC2)CC1. The van der Waals surface area contributed by atoms with Crippen LogP contribution in [0.3, 0.4) is 0 Å². The number of pyridine rings is 1. The monoisotopic (exact) mass is 389 g/mol. The Kier molecular flexibility index (Phi) is 7.38. The molecule has 0 atom stereocenters. The maximum absolute atomic E-state index is 12.7. The van der Waals surface area contributed by atoms with E-state index in [1.54, 1.807) is 7.05 Å². The molecule has 1 saturated carbocycles. The predicted molar refractivity (Wildman–Crippen MR) is 112 cm³/mol. The van der Waals surface area contributed by atoms with Crippen molar-refractivity contribution in [2.24, 2.45) is 10.9 Å². The number of aromatic nitrogens is 1. The van der Waals surface area contributed by atoms with E-state index in [1.165, 1.54) is 5.56 Å². The zero-order valence-electron chi connectivity index (χ0n) is 16.4. The lowest BCUT2D eigenvalue weighted by atomic mass is 9.85. The van der Waals surface area contributed by atoms with Crippen molar-refractivity contribution in [3.63, 3.8) is 0 Å². The highest BCUT2D eigenvalue weighted by molar-refractivity contribution is 7.99. The van der Waals surface area contributed by atoms with Crippen LogP contribution >= 0.6 is 11.8 Å². The topological polar surface area (TPSA) is 69.6 Å². The van der Waals surface area contributed by atoms with E-state index >= 15 is 0 Å². The average molecular weight is 390 g/mol. The molecule has 1 saturated heterocycles. The minimum absolute atomic E-state index is 0.206. The number of rotatable bonds is 4. The van der Waals surface area contributed by atoms with E-state index in [0.717, 1.165) is 61.9 Å². The summed E-state index contributed by atoms with van der Waals surface area (Å²) < 4.78 is 0. The number of nitrogens with one attached hydrogen (secondary N) is 2. The molecule has 0 spiro atoms. The van der Waals surface area contributed by atoms with Gasteiger partial charge in [-0.1, -0.05) is 6.07 Å². The second-order valence-corrected chi connectivity index (χ2v) is 8.55. The van der Waals surface area contributed by atoms with Gasteiger partial charge in [-0.05, 0) is 44.2 Å². The highest BCUT2D eigenvalue weighted by Gasteiger charge is 2.30. The van der Waals surface area contributed by atoms with Gasteiger partial charge in [0.2, 0.25) is 5.91 Å². The zero-order valence-corrected chi connectivity index (χ0v) is 17.2. The number of carbonyl (C=O) groups excluding carboxylic acids is 1. The molecule has 1 amide bonds. The van der Waals surface area contributed by atoms with E-state index in [1.807, 2.05) is 24.0 Å². The first-order valence-corrected chi connectivity index (χ1v) is 11.1. The van der Waals surface area contributed by atoms with Gasteiger partial charge in [0.1, 0.15) is 0 Å². The third-order valence-electron chi connectivity index (χ3n) is 5.50. The van der Waals surface area contributed by atoms with Gasteiger partial charge in [0, 0.05) is 49.8 Å². The summed E-state index contributed by atoms with van der Waals surface area (Å²) in [5.41, 5.74) is 2.21. The predicted octanol–water partition coefficient (Wildman–Crippen LogP) is 2.19. The second-order valence-electron chi connectivity index (χ2n) is 7.32. The smallest absolute Gasteiger partial charge is 0.225 e. The molecule has 1 aliphatic heterocycles. The van der Waals surface area contributed by atoms with Crippen LogP contribution in [0, 0.1) is 12.8 Å². The van der Waals surface area contributed by atoms with Gasteiger partial charge in [0.05, 0.1) is 12.2 Å². The number of aryl methyl sites for hydroxylation is 1. The van der Waals surface area contributed by atoms with Gasteiger partial charge in [-0.15, -0.1) is 0 Å². The first kappa shape index (κ1) is 20.0. The first-order valence-electron chi connectivity index (χ1n) is 9.91. The fourth-order valence-electron chi connectivity index (χ4n) is 3.79. The summed E-state index contributed by atoms with van der Waals surface area (Å²) in [6.45, 7) is 4.57. The Balaban J connectivity index is 1.43. The van der Waals surface area contributed by atoms with E-state index in [9.17, 15) is 4.79 Å². The maximum Gasteiger partial charge on any atom is 0.225 e. The van der Waals surface area contributed by atoms with Crippen molar-refractivity contribution in [1.29, 1.82) is 0 Å². The molecule has 2 N–H and O–H groups in total. The summed E-state index contributed by atoms with van der Waals surface area (Å²) >= 11 is 1.95. The number of aliphatic imine (C=N–C) groups is 1. The van der Waals surface area contributed by atoms with Gasteiger partial charge >= 0.3 is 0 Å². The van der Waals surface area contributed by atoms with E-state index in [4.69, 9.17) is 0 Å². The number of carbonyl (C=O) groups is 1. The Morgan fingerprint density at radius 1 is 1.30 bits per heavy atom. The van der Waals surface area contributed by atoms with E-state index in [2.05, 4.69) is 38.5 Å². The zero-order chi connectivity index (χ0) is 19.1. The molecule has 6 nitrogen and oxygen atoms in total. The Bertz CT molecular complexity index is 652. The lowest BCUT2D eigenvalue weighted by Crippen LogP contribution is -2.47. The Labute approximate surface area is 166 Å². The molecule has 1 aromatic rings. The van der Waals surface area contributed by atoms with Crippen LogP contribution in [-0.4, -0.2) is 59.4 Å². The molecule has 2 heterocycles. The average Bonchev–Trinajstić information content (AvgIpc) is 2.72. The molecule has 0 aromatic carbocycles. The summed E-state index contributed by atoms with van der Waals surface area (Å²) in [6.07, 6.45) is 5.79. The van der Waals surface area contributed by atoms with Gasteiger partial charge in [0.25, 0.3) is 0 Å². The van der Waals surface area contributed by atoms with Crippen molar-refractivity contribution in [2.75, 3.05) is 31.6 Å². The molecule has 0 unspecified atom stereocenters. The number of guanidine groups is 1. The van der Waals surface area contributed by atoms with Crippen LogP contribution in [0.4, 0.5) is 0 Å². The van der Waals surface area contributed by atoms with Crippen molar-refractivity contribution >= 4 is 23.6 Å². The number of thioether (sulfide) groups is 1. The van der Waals surface area contributed by atoms with E-state index in [0.29, 0.717) is 18.5 Å². The number of nitrogens with zero attached hydrogens (tertiary/aromatic N) is 3. The first-order chi connectivity index (χ1) is 13.2. The quantitative estimate of drug-likeness (QED) is 0.610. The lowest BCUT2D eigenvalue weighted by molar-refractivity contribution is -0.136. The normalized spacial score (nSPS) is 23.8. The Morgan fingerprint density at radius 3 is 2.70 bits per heavy atom. The molecular weight excluding hydrogens is 358 g/mol. The van der Waals surface area contributed by atoms with Crippen LogP contribution in [0.5, 0.6) is 0 Å². The highest BCUT2D eigenvalue weighted by atomic mass is 32.2. The van der Waals surface area contributed by atoms with Crippen LogP contribution in [0.15, 0.2) is 23.3 Å². The van der Waals surface area contributed by atoms with Crippen LogP contribution in [0.1, 0.15) is 36.9 Å². The molecule has 7 heteroatoms. The molecule has 1 aliphatic carbocycles. The molecule has 3 rings (SSSR count). The van der Waals surface area contributed by atoms with Crippen molar-refractivity contribution in [2.45, 2.75) is 45.2 Å². The van der Waals surface area contributed by atoms with E-state index < -0.39 is 0 Å². The molecule has 2 fully saturated rings. The minimum Gasteiger partial charge on any atom is -0.354 e. The largest absolute Gasteiger partial charge is 0.354 e. The number of hydrogen-bond donors (Lipinski definition) is 2. The Morgan fingerprint density at radius 2 is 2.04 bits per heavy atom. The van der Waals surface area contributed by atoms with Gasteiger partial charge in [-0.3, -0.25) is 14.8 Å². The van der Waals surface area contributed by atoms with Crippen LogP contribution < -0.4 is 10.6 Å². The molecule has 27 heavy (non-hydrogen) atoms. The third-order valence-corrected chi connectivity index (χ3v) is 6.45. The standard InChI is InChI=1S/C20H31N5OS/c1-15-4-3-9-22-18(15)14-23-20(21-2)24-17-7-5-16(6-8-17)19(26)25-10-12-27-13-11-25/h3-4,9,16-17H,5-8,10-14H2,1-2H3,(H2,21,23,24). The molecular formula is C20H31N5OS. The van der Waals surface area contributed by atoms with Crippen molar-refractivity contribution < 1.29 is 4.79 Å². The van der Waals surface area contributed by atoms with Crippen molar-refractivity contribution in [1.82, 2.24) is 20.5 Å². The van der Waals surface area contributed by atoms with Crippen LogP contribution in [-0.2, 0) is 11.3 Å².